The fraction of sp³-hybridized carbons (Fsp3) is 0.200. The largest absolute Gasteiger partial charge is 0.309 e. The van der Waals surface area contributed by atoms with Gasteiger partial charge in [0.1, 0.15) is 0 Å². The summed E-state index contributed by atoms with van der Waals surface area (Å²) < 4.78 is 0. The molecule has 2 amide bonds. The molecule has 0 aliphatic carbocycles. The molecular weight excluding hydrogens is 452 g/mol. The van der Waals surface area contributed by atoms with E-state index in [1.54, 1.807) is 35.2 Å². The van der Waals surface area contributed by atoms with Crippen LogP contribution in [-0.4, -0.2) is 27.7 Å². The number of benzene rings is 3. The molecule has 0 saturated carbocycles. The van der Waals surface area contributed by atoms with Gasteiger partial charge >= 0.3 is 0 Å². The molecule has 0 N–H and O–H groups in total. The number of fused-ring (bicyclic) bond motifs is 1. The van der Waals surface area contributed by atoms with Crippen molar-refractivity contribution in [2.24, 2.45) is 0 Å². The molecule has 4 rings (SSSR count). The van der Waals surface area contributed by atoms with Crippen molar-refractivity contribution in [3.63, 3.8) is 0 Å². The number of carbonyl (C=O) groups is 2. The number of carbonyl (C=O) groups excluding carboxylic acids is 2. The van der Waals surface area contributed by atoms with Gasteiger partial charge in [0.2, 0.25) is 5.91 Å². The number of nitro benzene ring substituents is 2. The van der Waals surface area contributed by atoms with Crippen LogP contribution in [0, 0.1) is 20.2 Å². The third-order valence-corrected chi connectivity index (χ3v) is 6.04. The average molecular weight is 474 g/mol. The van der Waals surface area contributed by atoms with Gasteiger partial charge in [-0.2, -0.15) is 0 Å². The molecule has 0 aromatic heterocycles. The van der Waals surface area contributed by atoms with Crippen molar-refractivity contribution in [2.75, 3.05) is 9.80 Å². The standard InChI is InChI=1S/C25H22N4O6/c1-16-12-24(22-10-6-7-11-23(22)26(16)17(2)30)27(19-8-4-3-5-9-19)25(31)18-13-20(28(32)33)15-21(14-18)29(34)35/h3-11,13-16,24H,12H2,1-2H3. The van der Waals surface area contributed by atoms with Crippen LogP contribution in [0.25, 0.3) is 0 Å². The zero-order valence-electron chi connectivity index (χ0n) is 19.0. The Labute approximate surface area is 200 Å². The Morgan fingerprint density at radius 3 is 2.06 bits per heavy atom. The minimum Gasteiger partial charge on any atom is -0.309 e. The molecule has 3 aromatic carbocycles. The van der Waals surface area contributed by atoms with E-state index in [1.807, 2.05) is 31.2 Å². The Bertz CT molecular complexity index is 1290. The highest BCUT2D eigenvalue weighted by atomic mass is 16.6. The lowest BCUT2D eigenvalue weighted by Crippen LogP contribution is -2.47. The molecule has 10 heteroatoms. The smallest absolute Gasteiger partial charge is 0.277 e. The Hall–Kier alpha value is -4.60. The van der Waals surface area contributed by atoms with Crippen molar-refractivity contribution in [3.8, 4) is 0 Å². The van der Waals surface area contributed by atoms with E-state index in [0.717, 1.165) is 23.8 Å². The van der Waals surface area contributed by atoms with Crippen LogP contribution in [0.15, 0.2) is 72.8 Å². The maximum atomic E-state index is 13.9. The number of nitrogens with zero attached hydrogens (tertiary/aromatic N) is 4. The van der Waals surface area contributed by atoms with Crippen molar-refractivity contribution in [3.05, 3.63) is 104 Å². The van der Waals surface area contributed by atoms with Gasteiger partial charge in [0.15, 0.2) is 0 Å². The van der Waals surface area contributed by atoms with E-state index in [-0.39, 0.29) is 17.5 Å². The Balaban J connectivity index is 1.90. The first-order valence-corrected chi connectivity index (χ1v) is 10.9. The third-order valence-electron chi connectivity index (χ3n) is 6.04. The normalized spacial score (nSPS) is 16.8. The van der Waals surface area contributed by atoms with Crippen LogP contribution in [0.3, 0.4) is 0 Å². The number of amides is 2. The molecule has 0 saturated heterocycles. The van der Waals surface area contributed by atoms with E-state index in [2.05, 4.69) is 0 Å². The summed E-state index contributed by atoms with van der Waals surface area (Å²) in [6.45, 7) is 3.37. The highest BCUT2D eigenvalue weighted by molar-refractivity contribution is 6.08. The van der Waals surface area contributed by atoms with Crippen molar-refractivity contribution in [1.29, 1.82) is 0 Å². The summed E-state index contributed by atoms with van der Waals surface area (Å²) in [6, 6.07) is 18.2. The highest BCUT2D eigenvalue weighted by Gasteiger charge is 2.38. The number of para-hydroxylation sites is 2. The molecule has 0 radical (unpaired) electrons. The van der Waals surface area contributed by atoms with Crippen molar-refractivity contribution >= 4 is 34.6 Å². The van der Waals surface area contributed by atoms with Crippen LogP contribution < -0.4 is 9.80 Å². The number of non-ortho nitro benzene ring substituents is 2. The van der Waals surface area contributed by atoms with Gasteiger partial charge in [0.25, 0.3) is 17.3 Å². The van der Waals surface area contributed by atoms with Crippen LogP contribution in [0.5, 0.6) is 0 Å². The molecule has 35 heavy (non-hydrogen) atoms. The molecule has 1 heterocycles. The van der Waals surface area contributed by atoms with Crippen LogP contribution >= 0.6 is 0 Å². The summed E-state index contributed by atoms with van der Waals surface area (Å²) in [5, 5.41) is 22.8. The number of hydrogen-bond acceptors (Lipinski definition) is 6. The van der Waals surface area contributed by atoms with Gasteiger partial charge in [-0.05, 0) is 37.1 Å². The van der Waals surface area contributed by atoms with Crippen molar-refractivity contribution in [2.45, 2.75) is 32.4 Å². The second-order valence-electron chi connectivity index (χ2n) is 8.31. The zero-order chi connectivity index (χ0) is 25.3. The van der Waals surface area contributed by atoms with Crippen molar-refractivity contribution in [1.82, 2.24) is 0 Å². The van der Waals surface area contributed by atoms with Crippen molar-refractivity contribution < 1.29 is 19.4 Å². The average Bonchev–Trinajstić information content (AvgIpc) is 2.84. The number of anilines is 2. The third kappa shape index (κ3) is 4.45. The molecule has 0 spiro atoms. The summed E-state index contributed by atoms with van der Waals surface area (Å²) >= 11 is 0. The molecule has 1 aliphatic rings. The lowest BCUT2D eigenvalue weighted by molar-refractivity contribution is -0.394. The zero-order valence-corrected chi connectivity index (χ0v) is 19.0. The van der Waals surface area contributed by atoms with E-state index in [4.69, 9.17) is 0 Å². The van der Waals surface area contributed by atoms with Gasteiger partial charge in [-0.25, -0.2) is 0 Å². The number of hydrogen-bond donors (Lipinski definition) is 0. The van der Waals surface area contributed by atoms with Gasteiger partial charge in [0, 0.05) is 36.5 Å². The van der Waals surface area contributed by atoms with Crippen LogP contribution in [0.1, 0.15) is 42.2 Å². The highest BCUT2D eigenvalue weighted by Crippen LogP contribution is 2.43. The molecule has 0 bridgehead atoms. The predicted molar refractivity (Wildman–Crippen MR) is 129 cm³/mol. The monoisotopic (exact) mass is 474 g/mol. The maximum Gasteiger partial charge on any atom is 0.277 e. The fourth-order valence-corrected chi connectivity index (χ4v) is 4.60. The molecule has 3 aromatic rings. The lowest BCUT2D eigenvalue weighted by Gasteiger charge is -2.43. The second-order valence-corrected chi connectivity index (χ2v) is 8.31. The van der Waals surface area contributed by atoms with Gasteiger partial charge < -0.3 is 9.80 Å². The quantitative estimate of drug-likeness (QED) is 0.377. The molecule has 2 atom stereocenters. The molecule has 178 valence electrons. The molecular formula is C25H22N4O6. The summed E-state index contributed by atoms with van der Waals surface area (Å²) in [7, 11) is 0. The summed E-state index contributed by atoms with van der Waals surface area (Å²) in [5.41, 5.74) is 0.663. The predicted octanol–water partition coefficient (Wildman–Crippen LogP) is 5.04. The van der Waals surface area contributed by atoms with E-state index in [1.165, 1.54) is 11.8 Å². The SMILES string of the molecule is CC(=O)N1c2ccccc2C(N(C(=O)c2cc([N+](=O)[O-])cc([N+](=O)[O-])c2)c2ccccc2)CC1C. The number of nitro groups is 2. The minimum absolute atomic E-state index is 0.129. The van der Waals surface area contributed by atoms with Crippen LogP contribution in [-0.2, 0) is 4.79 Å². The second kappa shape index (κ2) is 9.34. The van der Waals surface area contributed by atoms with E-state index in [0.29, 0.717) is 17.8 Å². The topological polar surface area (TPSA) is 127 Å². The van der Waals surface area contributed by atoms with Gasteiger partial charge in [-0.1, -0.05) is 36.4 Å². The van der Waals surface area contributed by atoms with E-state index < -0.39 is 33.2 Å². The lowest BCUT2D eigenvalue weighted by atomic mass is 9.89. The first-order chi connectivity index (χ1) is 16.7. The molecule has 10 nitrogen and oxygen atoms in total. The summed E-state index contributed by atoms with van der Waals surface area (Å²) in [5.74, 6) is -0.749. The van der Waals surface area contributed by atoms with Crippen LogP contribution in [0.4, 0.5) is 22.7 Å². The maximum absolute atomic E-state index is 13.9. The fourth-order valence-electron chi connectivity index (χ4n) is 4.60. The minimum atomic E-state index is -0.765. The Kier molecular flexibility index (Phi) is 6.28. The Morgan fingerprint density at radius 1 is 0.914 bits per heavy atom. The van der Waals surface area contributed by atoms with E-state index >= 15 is 0 Å². The van der Waals surface area contributed by atoms with Gasteiger partial charge in [-0.3, -0.25) is 29.8 Å². The van der Waals surface area contributed by atoms with Gasteiger partial charge in [0.05, 0.1) is 27.5 Å². The summed E-state index contributed by atoms with van der Waals surface area (Å²) in [4.78, 5) is 50.8. The van der Waals surface area contributed by atoms with Gasteiger partial charge in [-0.15, -0.1) is 0 Å². The summed E-state index contributed by atoms with van der Waals surface area (Å²) in [6.07, 6.45) is 0.397. The molecule has 0 fully saturated rings. The first kappa shape index (κ1) is 23.6. The van der Waals surface area contributed by atoms with Crippen LogP contribution in [0.2, 0.25) is 0 Å². The number of rotatable bonds is 5. The Morgan fingerprint density at radius 2 is 1.49 bits per heavy atom. The van der Waals surface area contributed by atoms with E-state index in [9.17, 15) is 29.8 Å². The first-order valence-electron chi connectivity index (χ1n) is 10.9. The molecule has 2 unspecified atom stereocenters. The molecule has 1 aliphatic heterocycles.